The molecule has 3 N–H and O–H groups in total. The van der Waals surface area contributed by atoms with Crippen molar-refractivity contribution in [3.8, 4) is 0 Å². The molecule has 2 aromatic rings. The SMILES string of the molecule is Cl.Nc1ccsc1C(=O)NCCc1cc(N2CCCC2)ncn1. The highest BCUT2D eigenvalue weighted by atomic mass is 35.5. The number of hydrogen-bond donors (Lipinski definition) is 2. The Morgan fingerprint density at radius 2 is 2.13 bits per heavy atom. The van der Waals surface area contributed by atoms with Crippen molar-refractivity contribution in [1.82, 2.24) is 15.3 Å². The maximum Gasteiger partial charge on any atom is 0.263 e. The Kier molecular flexibility index (Phi) is 6.18. The van der Waals surface area contributed by atoms with E-state index >= 15 is 0 Å². The summed E-state index contributed by atoms with van der Waals surface area (Å²) in [6.45, 7) is 2.66. The topological polar surface area (TPSA) is 84.1 Å². The van der Waals surface area contributed by atoms with Crippen molar-refractivity contribution < 1.29 is 4.79 Å². The van der Waals surface area contributed by atoms with Gasteiger partial charge in [-0.1, -0.05) is 0 Å². The molecule has 0 aromatic carbocycles. The predicted octanol–water partition coefficient (Wildman–Crippen LogP) is 2.11. The van der Waals surface area contributed by atoms with Gasteiger partial charge >= 0.3 is 0 Å². The Morgan fingerprint density at radius 1 is 1.35 bits per heavy atom. The van der Waals surface area contributed by atoms with Gasteiger partial charge in [-0.3, -0.25) is 4.79 Å². The third-order valence-electron chi connectivity index (χ3n) is 3.71. The van der Waals surface area contributed by atoms with E-state index in [0.717, 1.165) is 24.6 Å². The molecule has 3 heterocycles. The Labute approximate surface area is 145 Å². The largest absolute Gasteiger partial charge is 0.397 e. The molecule has 1 aliphatic rings. The Balaban J connectivity index is 0.00000192. The van der Waals surface area contributed by atoms with Crippen molar-refractivity contribution in [2.24, 2.45) is 0 Å². The van der Waals surface area contributed by atoms with Crippen LogP contribution in [0.5, 0.6) is 0 Å². The summed E-state index contributed by atoms with van der Waals surface area (Å²) in [6, 6.07) is 3.75. The molecule has 124 valence electrons. The normalized spacial score (nSPS) is 13.7. The van der Waals surface area contributed by atoms with Gasteiger partial charge < -0.3 is 16.0 Å². The van der Waals surface area contributed by atoms with Gasteiger partial charge in [-0.15, -0.1) is 23.7 Å². The standard InChI is InChI=1S/C15H19N5OS.ClH/c16-12-4-8-22-14(12)15(21)17-5-3-11-9-13(19-10-18-11)20-6-1-2-7-20;/h4,8-10H,1-3,5-7,16H2,(H,17,21);1H. The molecular weight excluding hydrogens is 334 g/mol. The van der Waals surface area contributed by atoms with Crippen molar-refractivity contribution in [2.45, 2.75) is 19.3 Å². The zero-order valence-corrected chi connectivity index (χ0v) is 14.3. The van der Waals surface area contributed by atoms with Crippen LogP contribution >= 0.6 is 23.7 Å². The minimum atomic E-state index is -0.124. The van der Waals surface area contributed by atoms with Gasteiger partial charge in [-0.05, 0) is 24.3 Å². The molecule has 0 unspecified atom stereocenters. The quantitative estimate of drug-likeness (QED) is 0.860. The molecule has 0 spiro atoms. The highest BCUT2D eigenvalue weighted by Gasteiger charge is 2.14. The molecule has 0 atom stereocenters. The number of rotatable bonds is 5. The number of carbonyl (C=O) groups is 1. The van der Waals surface area contributed by atoms with Crippen LogP contribution in [0, 0.1) is 0 Å². The fraction of sp³-hybridized carbons (Fsp3) is 0.400. The summed E-state index contributed by atoms with van der Waals surface area (Å²) in [6.07, 6.45) is 4.72. The lowest BCUT2D eigenvalue weighted by Gasteiger charge is -2.16. The molecule has 6 nitrogen and oxygen atoms in total. The van der Waals surface area contributed by atoms with Gasteiger partial charge in [0.1, 0.15) is 17.0 Å². The summed E-state index contributed by atoms with van der Waals surface area (Å²) in [7, 11) is 0. The minimum absolute atomic E-state index is 0. The molecule has 8 heteroatoms. The molecule has 1 fully saturated rings. The molecule has 3 rings (SSSR count). The molecule has 2 aromatic heterocycles. The first-order chi connectivity index (χ1) is 10.7. The molecular formula is C15H20ClN5OS. The summed E-state index contributed by atoms with van der Waals surface area (Å²) in [5, 5.41) is 4.70. The average Bonchev–Trinajstić information content (AvgIpc) is 3.18. The van der Waals surface area contributed by atoms with Crippen LogP contribution in [0.15, 0.2) is 23.8 Å². The van der Waals surface area contributed by atoms with E-state index in [1.54, 1.807) is 12.4 Å². The number of thiophene rings is 1. The number of nitrogens with one attached hydrogen (secondary N) is 1. The molecule has 1 amide bonds. The van der Waals surface area contributed by atoms with E-state index in [0.29, 0.717) is 23.5 Å². The number of aromatic nitrogens is 2. The van der Waals surface area contributed by atoms with Crippen molar-refractivity contribution in [1.29, 1.82) is 0 Å². The van der Waals surface area contributed by atoms with Gasteiger partial charge in [0, 0.05) is 37.8 Å². The monoisotopic (exact) mass is 353 g/mol. The van der Waals surface area contributed by atoms with E-state index < -0.39 is 0 Å². The van der Waals surface area contributed by atoms with Crippen LogP contribution < -0.4 is 16.0 Å². The van der Waals surface area contributed by atoms with Crippen LogP contribution in [0.4, 0.5) is 11.5 Å². The minimum Gasteiger partial charge on any atom is -0.397 e. The molecule has 0 bridgehead atoms. The highest BCUT2D eigenvalue weighted by molar-refractivity contribution is 7.12. The Bertz CT molecular complexity index is 657. The van der Waals surface area contributed by atoms with E-state index in [4.69, 9.17) is 5.73 Å². The number of amides is 1. The number of nitrogen functional groups attached to an aromatic ring is 1. The van der Waals surface area contributed by atoms with Crippen molar-refractivity contribution >= 4 is 41.2 Å². The lowest BCUT2D eigenvalue weighted by atomic mass is 10.2. The van der Waals surface area contributed by atoms with Crippen LogP contribution in [-0.4, -0.2) is 35.5 Å². The summed E-state index contributed by atoms with van der Waals surface area (Å²) in [5.74, 6) is 0.859. The van der Waals surface area contributed by atoms with Crippen LogP contribution in [-0.2, 0) is 6.42 Å². The third kappa shape index (κ3) is 4.33. The molecule has 1 aliphatic heterocycles. The van der Waals surface area contributed by atoms with Gasteiger partial charge in [-0.2, -0.15) is 0 Å². The number of carbonyl (C=O) groups excluding carboxylic acids is 1. The first-order valence-electron chi connectivity index (χ1n) is 7.41. The zero-order chi connectivity index (χ0) is 15.4. The molecule has 1 saturated heterocycles. The van der Waals surface area contributed by atoms with Crippen molar-refractivity contribution in [2.75, 3.05) is 30.3 Å². The first kappa shape index (κ1) is 17.5. The molecule has 0 saturated carbocycles. The number of nitrogens with zero attached hydrogens (tertiary/aromatic N) is 3. The number of nitrogens with two attached hydrogens (primary N) is 1. The first-order valence-corrected chi connectivity index (χ1v) is 8.29. The molecule has 23 heavy (non-hydrogen) atoms. The second-order valence-corrected chi connectivity index (χ2v) is 6.19. The maximum absolute atomic E-state index is 12.0. The summed E-state index contributed by atoms with van der Waals surface area (Å²) in [4.78, 5) is 23.4. The average molecular weight is 354 g/mol. The number of halogens is 1. The van der Waals surface area contributed by atoms with Crippen LogP contribution in [0.25, 0.3) is 0 Å². The second-order valence-electron chi connectivity index (χ2n) is 5.27. The van der Waals surface area contributed by atoms with E-state index in [9.17, 15) is 4.79 Å². The third-order valence-corrected chi connectivity index (χ3v) is 4.64. The number of anilines is 2. The maximum atomic E-state index is 12.0. The smallest absolute Gasteiger partial charge is 0.263 e. The van der Waals surface area contributed by atoms with Gasteiger partial charge in [0.05, 0.1) is 5.69 Å². The highest BCUT2D eigenvalue weighted by Crippen LogP contribution is 2.19. The van der Waals surface area contributed by atoms with E-state index in [1.165, 1.54) is 24.2 Å². The van der Waals surface area contributed by atoms with Crippen molar-refractivity contribution in [3.63, 3.8) is 0 Å². The summed E-state index contributed by atoms with van der Waals surface area (Å²) >= 11 is 1.35. The molecule has 0 aliphatic carbocycles. The fourth-order valence-corrected chi connectivity index (χ4v) is 3.26. The van der Waals surface area contributed by atoms with E-state index in [2.05, 4.69) is 20.2 Å². The van der Waals surface area contributed by atoms with E-state index in [1.807, 2.05) is 11.4 Å². The van der Waals surface area contributed by atoms with Crippen molar-refractivity contribution in [3.05, 3.63) is 34.4 Å². The Hall–Kier alpha value is -1.86. The van der Waals surface area contributed by atoms with Gasteiger partial charge in [0.15, 0.2) is 0 Å². The lowest BCUT2D eigenvalue weighted by Crippen LogP contribution is -2.26. The number of hydrogen-bond acceptors (Lipinski definition) is 6. The van der Waals surface area contributed by atoms with E-state index in [-0.39, 0.29) is 18.3 Å². The Morgan fingerprint density at radius 3 is 2.83 bits per heavy atom. The molecule has 0 radical (unpaired) electrons. The zero-order valence-electron chi connectivity index (χ0n) is 12.7. The lowest BCUT2D eigenvalue weighted by molar-refractivity contribution is 0.0959. The van der Waals surface area contributed by atoms with Crippen LogP contribution in [0.1, 0.15) is 28.2 Å². The van der Waals surface area contributed by atoms with Gasteiger partial charge in [-0.25, -0.2) is 9.97 Å². The predicted molar refractivity (Wildman–Crippen MR) is 95.5 cm³/mol. The fourth-order valence-electron chi connectivity index (χ4n) is 2.53. The summed E-state index contributed by atoms with van der Waals surface area (Å²) < 4.78 is 0. The summed E-state index contributed by atoms with van der Waals surface area (Å²) in [5.41, 5.74) is 7.21. The second kappa shape index (κ2) is 8.12. The van der Waals surface area contributed by atoms with Crippen LogP contribution in [0.3, 0.4) is 0 Å². The van der Waals surface area contributed by atoms with Crippen LogP contribution in [0.2, 0.25) is 0 Å². The van der Waals surface area contributed by atoms with Gasteiger partial charge in [0.25, 0.3) is 5.91 Å². The van der Waals surface area contributed by atoms with Gasteiger partial charge in [0.2, 0.25) is 0 Å².